The summed E-state index contributed by atoms with van der Waals surface area (Å²) < 4.78 is 5.44. The summed E-state index contributed by atoms with van der Waals surface area (Å²) in [5.41, 5.74) is 5.51. The number of likely N-dealkylation sites (tertiary alicyclic amines) is 1. The van der Waals surface area contributed by atoms with E-state index < -0.39 is 11.6 Å². The fraction of sp³-hybridized carbons (Fsp3) is 0.882. The van der Waals surface area contributed by atoms with Crippen molar-refractivity contribution in [1.82, 2.24) is 9.80 Å². The van der Waals surface area contributed by atoms with Crippen LogP contribution in [-0.4, -0.2) is 59.1 Å². The highest BCUT2D eigenvalue weighted by molar-refractivity contribution is 5.82. The van der Waals surface area contributed by atoms with Crippen LogP contribution in [0.2, 0.25) is 0 Å². The first-order valence-electron chi connectivity index (χ1n) is 8.60. The van der Waals surface area contributed by atoms with Crippen molar-refractivity contribution in [3.8, 4) is 0 Å². The second kappa shape index (κ2) is 7.99. The molecule has 2 atom stereocenters. The predicted molar refractivity (Wildman–Crippen MR) is 91.0 cm³/mol. The number of rotatable bonds is 4. The third-order valence-corrected chi connectivity index (χ3v) is 4.12. The van der Waals surface area contributed by atoms with Crippen LogP contribution in [0.4, 0.5) is 4.79 Å². The molecule has 0 saturated carbocycles. The van der Waals surface area contributed by atoms with E-state index >= 15 is 0 Å². The lowest BCUT2D eigenvalue weighted by atomic mass is 10.00. The Morgan fingerprint density at radius 3 is 2.43 bits per heavy atom. The summed E-state index contributed by atoms with van der Waals surface area (Å²) in [5.74, 6) is 0.0700. The molecule has 0 aromatic rings. The summed E-state index contributed by atoms with van der Waals surface area (Å²) in [6.07, 6.45) is 1.45. The average molecular weight is 327 g/mol. The van der Waals surface area contributed by atoms with Crippen molar-refractivity contribution in [2.24, 2.45) is 11.7 Å². The number of likely N-dealkylation sites (N-methyl/N-ethyl adjacent to an activating group) is 1. The lowest BCUT2D eigenvalue weighted by Gasteiger charge is -2.40. The summed E-state index contributed by atoms with van der Waals surface area (Å²) in [4.78, 5) is 28.4. The number of carbonyl (C=O) groups is 2. The first-order valence-corrected chi connectivity index (χ1v) is 8.60. The monoisotopic (exact) mass is 327 g/mol. The van der Waals surface area contributed by atoms with E-state index in [1.54, 1.807) is 4.90 Å². The molecular weight excluding hydrogens is 294 g/mol. The van der Waals surface area contributed by atoms with Crippen LogP contribution in [-0.2, 0) is 9.53 Å². The molecule has 23 heavy (non-hydrogen) atoms. The number of ether oxygens (including phenoxy) is 1. The average Bonchev–Trinajstić information content (AvgIpc) is 2.45. The molecule has 0 unspecified atom stereocenters. The van der Waals surface area contributed by atoms with Crippen molar-refractivity contribution in [3.05, 3.63) is 0 Å². The van der Waals surface area contributed by atoms with Gasteiger partial charge in [-0.25, -0.2) is 4.79 Å². The Balaban J connectivity index is 2.75. The highest BCUT2D eigenvalue weighted by Gasteiger charge is 2.34. The van der Waals surface area contributed by atoms with Crippen LogP contribution in [0, 0.1) is 5.92 Å². The van der Waals surface area contributed by atoms with E-state index in [0.717, 1.165) is 12.8 Å². The molecule has 0 bridgehead atoms. The molecule has 0 spiro atoms. The van der Waals surface area contributed by atoms with Gasteiger partial charge in [-0.2, -0.15) is 0 Å². The second-order valence-corrected chi connectivity index (χ2v) is 7.62. The molecule has 1 heterocycles. The van der Waals surface area contributed by atoms with Gasteiger partial charge in [-0.3, -0.25) is 4.79 Å². The molecule has 0 aliphatic carbocycles. The third-order valence-electron chi connectivity index (χ3n) is 4.12. The number of carbonyl (C=O) groups excluding carboxylic acids is 2. The number of hydrogen-bond acceptors (Lipinski definition) is 4. The van der Waals surface area contributed by atoms with E-state index in [9.17, 15) is 9.59 Å². The molecule has 0 aromatic carbocycles. The first-order chi connectivity index (χ1) is 10.6. The maximum atomic E-state index is 12.6. The van der Waals surface area contributed by atoms with Crippen LogP contribution in [0.3, 0.4) is 0 Å². The largest absolute Gasteiger partial charge is 0.444 e. The summed E-state index contributed by atoms with van der Waals surface area (Å²) in [6.45, 7) is 13.2. The fourth-order valence-electron chi connectivity index (χ4n) is 2.77. The summed E-state index contributed by atoms with van der Waals surface area (Å²) >= 11 is 0. The van der Waals surface area contributed by atoms with Crippen molar-refractivity contribution in [2.75, 3.05) is 19.6 Å². The number of hydrogen-bond donors (Lipinski definition) is 1. The van der Waals surface area contributed by atoms with Gasteiger partial charge in [-0.05, 0) is 46.5 Å². The molecule has 1 aliphatic rings. The Kier molecular flexibility index (Phi) is 6.86. The quantitative estimate of drug-likeness (QED) is 0.859. The normalized spacial score (nSPS) is 20.3. The van der Waals surface area contributed by atoms with Gasteiger partial charge in [-0.1, -0.05) is 13.8 Å². The Morgan fingerprint density at radius 2 is 1.96 bits per heavy atom. The van der Waals surface area contributed by atoms with Gasteiger partial charge in [0, 0.05) is 25.7 Å². The van der Waals surface area contributed by atoms with Crippen LogP contribution >= 0.6 is 0 Å². The van der Waals surface area contributed by atoms with Gasteiger partial charge in [0.25, 0.3) is 0 Å². The lowest BCUT2D eigenvalue weighted by molar-refractivity contribution is -0.136. The van der Waals surface area contributed by atoms with Gasteiger partial charge in [0.05, 0.1) is 6.04 Å². The summed E-state index contributed by atoms with van der Waals surface area (Å²) in [5, 5.41) is 0. The minimum Gasteiger partial charge on any atom is -0.444 e. The molecule has 1 fully saturated rings. The smallest absolute Gasteiger partial charge is 0.410 e. The molecule has 6 nitrogen and oxygen atoms in total. The van der Waals surface area contributed by atoms with E-state index in [4.69, 9.17) is 10.5 Å². The highest BCUT2D eigenvalue weighted by Crippen LogP contribution is 2.20. The minimum atomic E-state index is -0.510. The zero-order valence-corrected chi connectivity index (χ0v) is 15.5. The van der Waals surface area contributed by atoms with Crippen LogP contribution < -0.4 is 5.73 Å². The fourth-order valence-corrected chi connectivity index (χ4v) is 2.77. The zero-order chi connectivity index (χ0) is 17.8. The van der Waals surface area contributed by atoms with Crippen molar-refractivity contribution in [2.45, 2.75) is 72.1 Å². The number of nitrogens with two attached hydrogens (primary N) is 1. The maximum Gasteiger partial charge on any atom is 0.410 e. The molecule has 6 heteroatoms. The Bertz CT molecular complexity index is 418. The zero-order valence-electron chi connectivity index (χ0n) is 15.5. The standard InChI is InChI=1S/C17H33N3O3/c1-7-20(15(21)14(18)12(2)3)13-9-8-10-19(11-13)16(22)23-17(4,5)6/h12-14H,7-11,18H2,1-6H3/t13-,14-/m0/s1. The van der Waals surface area contributed by atoms with Crippen LogP contribution in [0.25, 0.3) is 0 Å². The SMILES string of the molecule is CCN(C(=O)[C@@H](N)C(C)C)[C@H]1CCCN(C(=O)OC(C)(C)C)C1. The Labute approximate surface area is 140 Å². The van der Waals surface area contributed by atoms with Crippen LogP contribution in [0.5, 0.6) is 0 Å². The topological polar surface area (TPSA) is 75.9 Å². The van der Waals surface area contributed by atoms with Gasteiger partial charge in [0.15, 0.2) is 0 Å². The molecule has 2 N–H and O–H groups in total. The highest BCUT2D eigenvalue weighted by atomic mass is 16.6. The first kappa shape index (κ1) is 19.7. The molecule has 2 amide bonds. The number of piperidine rings is 1. The van der Waals surface area contributed by atoms with Crippen molar-refractivity contribution in [1.29, 1.82) is 0 Å². The van der Waals surface area contributed by atoms with Gasteiger partial charge >= 0.3 is 6.09 Å². The minimum absolute atomic E-state index is 0.0126. The van der Waals surface area contributed by atoms with Gasteiger partial charge in [0.1, 0.15) is 5.60 Å². The van der Waals surface area contributed by atoms with E-state index in [1.165, 1.54) is 0 Å². The van der Waals surface area contributed by atoms with Crippen molar-refractivity contribution >= 4 is 12.0 Å². The Morgan fingerprint density at radius 1 is 1.35 bits per heavy atom. The molecule has 0 aromatic heterocycles. The van der Waals surface area contributed by atoms with Crippen LogP contribution in [0.1, 0.15) is 54.4 Å². The van der Waals surface area contributed by atoms with Crippen molar-refractivity contribution < 1.29 is 14.3 Å². The van der Waals surface area contributed by atoms with Gasteiger partial charge < -0.3 is 20.3 Å². The molecular formula is C17H33N3O3. The van der Waals surface area contributed by atoms with Crippen LogP contribution in [0.15, 0.2) is 0 Å². The third kappa shape index (κ3) is 5.68. The van der Waals surface area contributed by atoms with Gasteiger partial charge in [-0.15, -0.1) is 0 Å². The van der Waals surface area contributed by atoms with E-state index in [0.29, 0.717) is 19.6 Å². The van der Waals surface area contributed by atoms with Gasteiger partial charge in [0.2, 0.25) is 5.91 Å². The van der Waals surface area contributed by atoms with Crippen molar-refractivity contribution in [3.63, 3.8) is 0 Å². The molecule has 0 radical (unpaired) electrons. The molecule has 1 saturated heterocycles. The van der Waals surface area contributed by atoms with E-state index in [2.05, 4.69) is 0 Å². The molecule has 1 aliphatic heterocycles. The lowest BCUT2D eigenvalue weighted by Crippen LogP contribution is -2.56. The number of amides is 2. The van der Waals surface area contributed by atoms with E-state index in [-0.39, 0.29) is 24.0 Å². The second-order valence-electron chi connectivity index (χ2n) is 7.62. The predicted octanol–water partition coefficient (Wildman–Crippen LogP) is 2.22. The summed E-state index contributed by atoms with van der Waals surface area (Å²) in [6, 6.07) is -0.481. The molecule has 1 rings (SSSR count). The molecule has 134 valence electrons. The van der Waals surface area contributed by atoms with E-state index in [1.807, 2.05) is 46.4 Å². The summed E-state index contributed by atoms with van der Waals surface area (Å²) in [7, 11) is 0. The Hall–Kier alpha value is -1.30. The number of nitrogens with zero attached hydrogens (tertiary/aromatic N) is 2. The maximum absolute atomic E-state index is 12.6.